The minimum absolute atomic E-state index is 0.540. The number of benzene rings is 1. The van der Waals surface area contributed by atoms with Crippen LogP contribution in [0.5, 0.6) is 11.6 Å². The van der Waals surface area contributed by atoms with Crippen LogP contribution in [0, 0.1) is 20.8 Å². The third-order valence-electron chi connectivity index (χ3n) is 5.16. The van der Waals surface area contributed by atoms with Gasteiger partial charge in [-0.25, -0.2) is 4.98 Å². The molecule has 4 rings (SSSR count). The number of nitrogens with zero attached hydrogens (tertiary/aromatic N) is 5. The van der Waals surface area contributed by atoms with E-state index in [9.17, 15) is 0 Å². The van der Waals surface area contributed by atoms with Crippen LogP contribution in [0.3, 0.4) is 0 Å². The summed E-state index contributed by atoms with van der Waals surface area (Å²) < 4.78 is 11.3. The van der Waals surface area contributed by atoms with E-state index in [1.54, 1.807) is 18.3 Å². The van der Waals surface area contributed by atoms with Gasteiger partial charge in [-0.3, -0.25) is 4.90 Å². The van der Waals surface area contributed by atoms with Gasteiger partial charge >= 0.3 is 0 Å². The second-order valence-electron chi connectivity index (χ2n) is 7.13. The Labute approximate surface area is 179 Å². The number of hydrogen-bond donors (Lipinski definition) is 0. The van der Waals surface area contributed by atoms with Crippen LogP contribution in [-0.4, -0.2) is 38.1 Å². The fourth-order valence-corrected chi connectivity index (χ4v) is 4.29. The van der Waals surface area contributed by atoms with Gasteiger partial charge in [0.25, 0.3) is 0 Å². The van der Waals surface area contributed by atoms with Gasteiger partial charge in [-0.15, -0.1) is 11.3 Å². The van der Waals surface area contributed by atoms with Gasteiger partial charge in [-0.2, -0.15) is 9.97 Å². The van der Waals surface area contributed by atoms with Crippen molar-refractivity contribution in [2.75, 3.05) is 13.1 Å². The van der Waals surface area contributed by atoms with Crippen LogP contribution in [0.2, 0.25) is 0 Å². The molecule has 0 amide bonds. The van der Waals surface area contributed by atoms with Crippen molar-refractivity contribution >= 4 is 21.6 Å². The number of ether oxygens (including phenoxy) is 1. The first-order valence-corrected chi connectivity index (χ1v) is 10.9. The number of hydrogen-bond acceptors (Lipinski definition) is 8. The zero-order valence-corrected chi connectivity index (χ0v) is 18.7. The molecule has 7 nitrogen and oxygen atoms in total. The minimum Gasteiger partial charge on any atom is -0.438 e. The zero-order valence-electron chi connectivity index (χ0n) is 17.9. The molecule has 0 saturated heterocycles. The van der Waals surface area contributed by atoms with Crippen molar-refractivity contribution in [1.29, 1.82) is 0 Å². The summed E-state index contributed by atoms with van der Waals surface area (Å²) in [7, 11) is 0. The third-order valence-corrected chi connectivity index (χ3v) is 6.26. The number of aromatic nitrogens is 4. The summed E-state index contributed by atoms with van der Waals surface area (Å²) in [5, 5.41) is 4.94. The summed E-state index contributed by atoms with van der Waals surface area (Å²) in [5.41, 5.74) is 2.04. The van der Waals surface area contributed by atoms with Crippen molar-refractivity contribution in [2.24, 2.45) is 0 Å². The molecule has 0 atom stereocenters. The highest BCUT2D eigenvalue weighted by Gasteiger charge is 2.17. The lowest BCUT2D eigenvalue weighted by atomic mass is 10.2. The van der Waals surface area contributed by atoms with Crippen LogP contribution in [0.1, 0.15) is 36.0 Å². The maximum atomic E-state index is 6.24. The van der Waals surface area contributed by atoms with E-state index in [0.29, 0.717) is 29.9 Å². The Kier molecular flexibility index (Phi) is 5.78. The highest BCUT2D eigenvalue weighted by molar-refractivity contribution is 7.18. The van der Waals surface area contributed by atoms with E-state index >= 15 is 0 Å². The Hall–Kier alpha value is -2.84. The average Bonchev–Trinajstić information content (AvgIpc) is 3.30. The standard InChI is InChI=1S/C22H25N5O2S/c1-6-27(7-2)12-18-24-21(19-13(3)14(4)30-22(19)25-18)28-17-10-8-16(9-11-17)20-23-15(5)29-26-20/h8-11H,6-7,12H2,1-5H3. The molecule has 0 bridgehead atoms. The van der Waals surface area contributed by atoms with E-state index in [0.717, 1.165) is 34.7 Å². The zero-order chi connectivity index (χ0) is 21.3. The van der Waals surface area contributed by atoms with Crippen LogP contribution in [0.25, 0.3) is 21.6 Å². The van der Waals surface area contributed by atoms with E-state index in [1.807, 2.05) is 24.3 Å². The second-order valence-corrected chi connectivity index (χ2v) is 8.34. The average molecular weight is 424 g/mol. The number of aryl methyl sites for hydroxylation is 3. The van der Waals surface area contributed by atoms with Gasteiger partial charge in [0.15, 0.2) is 0 Å². The van der Waals surface area contributed by atoms with Crippen molar-refractivity contribution in [3.8, 4) is 23.0 Å². The second kappa shape index (κ2) is 8.49. The minimum atomic E-state index is 0.540. The maximum absolute atomic E-state index is 6.24. The summed E-state index contributed by atoms with van der Waals surface area (Å²) in [4.78, 5) is 18.3. The summed E-state index contributed by atoms with van der Waals surface area (Å²) >= 11 is 1.69. The molecule has 0 spiro atoms. The molecule has 0 aliphatic carbocycles. The van der Waals surface area contributed by atoms with Gasteiger partial charge in [-0.1, -0.05) is 19.0 Å². The smallest absolute Gasteiger partial charge is 0.231 e. The number of rotatable bonds is 7. The monoisotopic (exact) mass is 423 g/mol. The van der Waals surface area contributed by atoms with Crippen LogP contribution in [-0.2, 0) is 6.54 Å². The van der Waals surface area contributed by atoms with Crippen molar-refractivity contribution in [3.05, 3.63) is 46.4 Å². The van der Waals surface area contributed by atoms with Gasteiger partial charge in [0.05, 0.1) is 11.9 Å². The van der Waals surface area contributed by atoms with Crippen LogP contribution < -0.4 is 4.74 Å². The summed E-state index contributed by atoms with van der Waals surface area (Å²) in [5.74, 6) is 3.19. The van der Waals surface area contributed by atoms with Crippen LogP contribution in [0.15, 0.2) is 28.8 Å². The van der Waals surface area contributed by atoms with E-state index in [1.165, 1.54) is 10.4 Å². The van der Waals surface area contributed by atoms with Crippen molar-refractivity contribution in [2.45, 2.75) is 41.2 Å². The molecule has 0 fully saturated rings. The van der Waals surface area contributed by atoms with E-state index in [2.05, 4.69) is 42.7 Å². The Morgan fingerprint density at radius 3 is 2.37 bits per heavy atom. The molecule has 0 aliphatic heterocycles. The molecule has 0 N–H and O–H groups in total. The first-order chi connectivity index (χ1) is 14.5. The van der Waals surface area contributed by atoms with Gasteiger partial charge in [0.2, 0.25) is 17.6 Å². The molecule has 3 heterocycles. The predicted molar refractivity (Wildman–Crippen MR) is 118 cm³/mol. The fourth-order valence-electron chi connectivity index (χ4n) is 3.25. The molecule has 4 aromatic rings. The molecule has 1 aromatic carbocycles. The first-order valence-electron chi connectivity index (χ1n) is 10.1. The van der Waals surface area contributed by atoms with E-state index in [4.69, 9.17) is 19.2 Å². The Morgan fingerprint density at radius 2 is 1.73 bits per heavy atom. The molecule has 156 valence electrons. The quantitative estimate of drug-likeness (QED) is 0.399. The lowest BCUT2D eigenvalue weighted by Crippen LogP contribution is -2.23. The Balaban J connectivity index is 1.68. The molecular weight excluding hydrogens is 398 g/mol. The molecule has 0 radical (unpaired) electrons. The summed E-state index contributed by atoms with van der Waals surface area (Å²) in [6, 6.07) is 7.63. The lowest BCUT2D eigenvalue weighted by Gasteiger charge is -2.17. The molecule has 30 heavy (non-hydrogen) atoms. The molecule has 8 heteroatoms. The molecule has 0 saturated carbocycles. The lowest BCUT2D eigenvalue weighted by molar-refractivity contribution is 0.287. The Morgan fingerprint density at radius 1 is 1.00 bits per heavy atom. The molecule has 0 aliphatic rings. The molecule has 0 unspecified atom stereocenters. The normalized spacial score (nSPS) is 11.5. The van der Waals surface area contributed by atoms with Gasteiger partial charge in [-0.05, 0) is 56.8 Å². The topological polar surface area (TPSA) is 77.2 Å². The SMILES string of the molecule is CCN(CC)Cc1nc(Oc2ccc(-c3noc(C)n3)cc2)c2c(C)c(C)sc2n1. The molecular formula is C22H25N5O2S. The van der Waals surface area contributed by atoms with E-state index < -0.39 is 0 Å². The molecule has 3 aromatic heterocycles. The third kappa shape index (κ3) is 4.06. The van der Waals surface area contributed by atoms with E-state index in [-0.39, 0.29) is 0 Å². The van der Waals surface area contributed by atoms with Crippen LogP contribution in [0.4, 0.5) is 0 Å². The summed E-state index contributed by atoms with van der Waals surface area (Å²) in [6.07, 6.45) is 0. The van der Waals surface area contributed by atoms with Gasteiger partial charge in [0.1, 0.15) is 16.4 Å². The maximum Gasteiger partial charge on any atom is 0.231 e. The van der Waals surface area contributed by atoms with Gasteiger partial charge < -0.3 is 9.26 Å². The highest BCUT2D eigenvalue weighted by Crippen LogP contribution is 2.36. The largest absolute Gasteiger partial charge is 0.438 e. The van der Waals surface area contributed by atoms with Crippen molar-refractivity contribution in [3.63, 3.8) is 0 Å². The first kappa shape index (κ1) is 20.4. The Bertz CT molecular complexity index is 1160. The highest BCUT2D eigenvalue weighted by atomic mass is 32.1. The number of fused-ring (bicyclic) bond motifs is 1. The number of thiophene rings is 1. The van der Waals surface area contributed by atoms with Crippen molar-refractivity contribution < 1.29 is 9.26 Å². The van der Waals surface area contributed by atoms with Gasteiger partial charge in [0, 0.05) is 17.4 Å². The fraction of sp³-hybridized carbons (Fsp3) is 0.364. The summed E-state index contributed by atoms with van der Waals surface area (Å²) in [6.45, 7) is 12.9. The van der Waals surface area contributed by atoms with Crippen molar-refractivity contribution in [1.82, 2.24) is 25.0 Å². The predicted octanol–water partition coefficient (Wildman–Crippen LogP) is 5.30. The van der Waals surface area contributed by atoms with Crippen LogP contribution >= 0.6 is 11.3 Å².